The topological polar surface area (TPSA) is 110 Å². The average molecular weight is 293 g/mol. The molecule has 2 N–H and O–H groups in total. The van der Waals surface area contributed by atoms with Crippen LogP contribution < -0.4 is 10.6 Å². The first-order valence-electron chi connectivity index (χ1n) is 5.59. The summed E-state index contributed by atoms with van der Waals surface area (Å²) in [4.78, 5) is 30.2. The molecule has 2 rings (SSSR count). The number of carbonyl (C=O) groups is 1. The van der Waals surface area contributed by atoms with E-state index in [1.54, 1.807) is 17.9 Å². The van der Waals surface area contributed by atoms with Crippen molar-refractivity contribution in [3.05, 3.63) is 44.5 Å². The number of nitrogens with one attached hydrogen (secondary N) is 2. The molecule has 2 heterocycles. The number of rotatable bonds is 5. The van der Waals surface area contributed by atoms with Gasteiger partial charge < -0.3 is 10.6 Å². The lowest BCUT2D eigenvalue weighted by atomic mass is 10.2. The van der Waals surface area contributed by atoms with Gasteiger partial charge in [0.1, 0.15) is 17.6 Å². The van der Waals surface area contributed by atoms with E-state index in [2.05, 4.69) is 20.6 Å². The summed E-state index contributed by atoms with van der Waals surface area (Å²) >= 11 is 1.41. The summed E-state index contributed by atoms with van der Waals surface area (Å²) in [5, 5.41) is 18.0. The van der Waals surface area contributed by atoms with E-state index >= 15 is 0 Å². The summed E-state index contributed by atoms with van der Waals surface area (Å²) < 4.78 is 0. The Morgan fingerprint density at radius 2 is 2.30 bits per heavy atom. The standard InChI is InChI=1S/C11H11N5O3S/c1-12-10-2-8(9(4-13-10)16(18)19)11(17)14-3-7-5-20-6-15-7/h2,4-6H,3H2,1H3,(H,12,13)(H,14,17). The lowest BCUT2D eigenvalue weighted by Gasteiger charge is -2.06. The van der Waals surface area contributed by atoms with Crippen molar-refractivity contribution in [2.24, 2.45) is 0 Å². The predicted octanol–water partition coefficient (Wildman–Crippen LogP) is 1.42. The minimum atomic E-state index is -0.635. The van der Waals surface area contributed by atoms with Crippen molar-refractivity contribution in [3.8, 4) is 0 Å². The molecule has 0 saturated heterocycles. The maximum absolute atomic E-state index is 12.0. The molecule has 0 unspecified atom stereocenters. The molecule has 9 heteroatoms. The second kappa shape index (κ2) is 6.06. The Kier molecular flexibility index (Phi) is 4.20. The fraction of sp³-hybridized carbons (Fsp3) is 0.182. The normalized spacial score (nSPS) is 10.1. The number of amides is 1. The summed E-state index contributed by atoms with van der Waals surface area (Å²) in [6, 6.07) is 1.34. The molecule has 20 heavy (non-hydrogen) atoms. The van der Waals surface area contributed by atoms with Crippen LogP contribution in [0.4, 0.5) is 11.5 Å². The lowest BCUT2D eigenvalue weighted by molar-refractivity contribution is -0.385. The van der Waals surface area contributed by atoms with Gasteiger partial charge >= 0.3 is 0 Å². The van der Waals surface area contributed by atoms with Crippen LogP contribution in [0.2, 0.25) is 0 Å². The summed E-state index contributed by atoms with van der Waals surface area (Å²) in [6.07, 6.45) is 1.06. The molecule has 104 valence electrons. The second-order valence-electron chi connectivity index (χ2n) is 3.76. The average Bonchev–Trinajstić information content (AvgIpc) is 2.97. The molecule has 0 aromatic carbocycles. The Hall–Kier alpha value is -2.55. The van der Waals surface area contributed by atoms with Crippen LogP contribution in [0.25, 0.3) is 0 Å². The van der Waals surface area contributed by atoms with Gasteiger partial charge in [0.2, 0.25) is 0 Å². The van der Waals surface area contributed by atoms with Crippen molar-refractivity contribution >= 4 is 28.7 Å². The van der Waals surface area contributed by atoms with E-state index in [1.807, 2.05) is 0 Å². The van der Waals surface area contributed by atoms with Gasteiger partial charge in [-0.05, 0) is 0 Å². The Bertz CT molecular complexity index is 629. The van der Waals surface area contributed by atoms with Crippen LogP contribution in [-0.4, -0.2) is 27.8 Å². The first kappa shape index (κ1) is 13.9. The maximum atomic E-state index is 12.0. The fourth-order valence-electron chi connectivity index (χ4n) is 1.50. The molecule has 0 aliphatic heterocycles. The van der Waals surface area contributed by atoms with Gasteiger partial charge in [-0.2, -0.15) is 0 Å². The minimum Gasteiger partial charge on any atom is -0.373 e. The molecule has 0 bridgehead atoms. The molecule has 0 fully saturated rings. The Morgan fingerprint density at radius 3 is 2.90 bits per heavy atom. The van der Waals surface area contributed by atoms with Gasteiger partial charge in [0.05, 0.1) is 22.7 Å². The quantitative estimate of drug-likeness (QED) is 0.637. The Labute approximate surface area is 118 Å². The predicted molar refractivity (Wildman–Crippen MR) is 73.7 cm³/mol. The lowest BCUT2D eigenvalue weighted by Crippen LogP contribution is -2.24. The third kappa shape index (κ3) is 3.06. The van der Waals surface area contributed by atoms with Gasteiger partial charge in [0.25, 0.3) is 11.6 Å². The van der Waals surface area contributed by atoms with E-state index in [1.165, 1.54) is 17.4 Å². The minimum absolute atomic E-state index is 0.0374. The molecule has 2 aromatic rings. The van der Waals surface area contributed by atoms with Crippen LogP contribution in [0, 0.1) is 10.1 Å². The first-order chi connectivity index (χ1) is 9.61. The zero-order chi connectivity index (χ0) is 14.5. The third-order valence-corrected chi connectivity index (χ3v) is 3.13. The molecule has 2 aromatic heterocycles. The monoisotopic (exact) mass is 293 g/mol. The van der Waals surface area contributed by atoms with Gasteiger partial charge in [-0.3, -0.25) is 14.9 Å². The number of nitro groups is 1. The molecule has 0 radical (unpaired) electrons. The molecule has 0 aliphatic rings. The smallest absolute Gasteiger partial charge is 0.300 e. The van der Waals surface area contributed by atoms with Gasteiger partial charge in [-0.1, -0.05) is 0 Å². The van der Waals surface area contributed by atoms with Crippen LogP contribution in [0.3, 0.4) is 0 Å². The van der Waals surface area contributed by atoms with E-state index in [0.29, 0.717) is 11.5 Å². The Balaban J connectivity index is 2.20. The molecular weight excluding hydrogens is 282 g/mol. The molecule has 0 saturated carbocycles. The highest BCUT2D eigenvalue weighted by Gasteiger charge is 2.21. The van der Waals surface area contributed by atoms with Gasteiger partial charge in [-0.25, -0.2) is 9.97 Å². The number of nitrogens with zero attached hydrogens (tertiary/aromatic N) is 3. The zero-order valence-corrected chi connectivity index (χ0v) is 11.3. The largest absolute Gasteiger partial charge is 0.373 e. The zero-order valence-electron chi connectivity index (χ0n) is 10.5. The van der Waals surface area contributed by atoms with Crippen molar-refractivity contribution < 1.29 is 9.72 Å². The number of carbonyl (C=O) groups excluding carboxylic acids is 1. The Morgan fingerprint density at radius 1 is 1.50 bits per heavy atom. The van der Waals surface area contributed by atoms with Gasteiger partial charge in [0.15, 0.2) is 0 Å². The van der Waals surface area contributed by atoms with E-state index in [4.69, 9.17) is 0 Å². The number of aromatic nitrogens is 2. The van der Waals surface area contributed by atoms with Crippen LogP contribution >= 0.6 is 11.3 Å². The summed E-state index contributed by atoms with van der Waals surface area (Å²) in [5.74, 6) is -0.155. The first-order valence-corrected chi connectivity index (χ1v) is 6.53. The van der Waals surface area contributed by atoms with Gasteiger partial charge in [-0.15, -0.1) is 11.3 Å². The third-order valence-electron chi connectivity index (χ3n) is 2.49. The van der Waals surface area contributed by atoms with E-state index in [9.17, 15) is 14.9 Å². The number of hydrogen-bond acceptors (Lipinski definition) is 7. The molecule has 1 amide bonds. The fourth-order valence-corrected chi connectivity index (χ4v) is 2.06. The molecule has 0 spiro atoms. The second-order valence-corrected chi connectivity index (χ2v) is 4.47. The molecule has 0 aliphatic carbocycles. The SMILES string of the molecule is CNc1cc(C(=O)NCc2cscn2)c([N+](=O)[O-])cn1. The van der Waals surface area contributed by atoms with Crippen LogP contribution in [0.5, 0.6) is 0 Å². The van der Waals surface area contributed by atoms with Crippen molar-refractivity contribution in [2.75, 3.05) is 12.4 Å². The summed E-state index contributed by atoms with van der Waals surface area (Å²) in [7, 11) is 1.62. The number of anilines is 1. The highest BCUT2D eigenvalue weighted by Crippen LogP contribution is 2.20. The molecule has 8 nitrogen and oxygen atoms in total. The van der Waals surface area contributed by atoms with Gasteiger partial charge in [0, 0.05) is 18.5 Å². The number of hydrogen-bond donors (Lipinski definition) is 2. The van der Waals surface area contributed by atoms with E-state index in [-0.39, 0.29) is 17.8 Å². The summed E-state index contributed by atoms with van der Waals surface area (Å²) in [6.45, 7) is 0.219. The number of pyridine rings is 1. The van der Waals surface area contributed by atoms with Crippen molar-refractivity contribution in [1.82, 2.24) is 15.3 Å². The molecular formula is C11H11N5O3S. The van der Waals surface area contributed by atoms with Crippen molar-refractivity contribution in [1.29, 1.82) is 0 Å². The van der Waals surface area contributed by atoms with Crippen LogP contribution in [0.1, 0.15) is 16.1 Å². The maximum Gasteiger partial charge on any atom is 0.300 e. The highest BCUT2D eigenvalue weighted by molar-refractivity contribution is 7.07. The number of thiazole rings is 1. The summed E-state index contributed by atoms with van der Waals surface area (Å²) in [5.41, 5.74) is 1.98. The van der Waals surface area contributed by atoms with E-state index < -0.39 is 10.8 Å². The van der Waals surface area contributed by atoms with Crippen molar-refractivity contribution in [2.45, 2.75) is 6.54 Å². The highest BCUT2D eigenvalue weighted by atomic mass is 32.1. The van der Waals surface area contributed by atoms with Crippen molar-refractivity contribution in [3.63, 3.8) is 0 Å². The molecule has 0 atom stereocenters. The van der Waals surface area contributed by atoms with Crippen LogP contribution in [-0.2, 0) is 6.54 Å². The van der Waals surface area contributed by atoms with E-state index in [0.717, 1.165) is 6.20 Å². The van der Waals surface area contributed by atoms with Crippen LogP contribution in [0.15, 0.2) is 23.2 Å².